The summed E-state index contributed by atoms with van der Waals surface area (Å²) in [5.41, 5.74) is 0.973. The van der Waals surface area contributed by atoms with E-state index in [2.05, 4.69) is 38.4 Å². The number of hydrogen-bond acceptors (Lipinski definition) is 0. The maximum absolute atomic E-state index is 12.8. The van der Waals surface area contributed by atoms with Gasteiger partial charge in [-0.1, -0.05) is 38.4 Å². The molecule has 1 aromatic rings. The van der Waals surface area contributed by atoms with E-state index in [1.165, 1.54) is 6.07 Å². The molecule has 0 saturated heterocycles. The van der Waals surface area contributed by atoms with E-state index < -0.39 is 0 Å². The molecule has 1 rings (SSSR count). The molecule has 0 heterocycles. The standard InChI is InChI=1S/C10H9Br2F/c1-7(11)2-3-8-6-9(13)4-5-10(8)12/h4-6H,1-3H2. The number of rotatable bonds is 3. The Morgan fingerprint density at radius 3 is 2.77 bits per heavy atom. The third kappa shape index (κ3) is 3.61. The van der Waals surface area contributed by atoms with Crippen LogP contribution in [0.25, 0.3) is 0 Å². The Kier molecular flexibility index (Phi) is 4.13. The van der Waals surface area contributed by atoms with Gasteiger partial charge in [0.2, 0.25) is 0 Å². The van der Waals surface area contributed by atoms with Gasteiger partial charge in [0, 0.05) is 4.47 Å². The summed E-state index contributed by atoms with van der Waals surface area (Å²) in [7, 11) is 0. The first-order chi connectivity index (χ1) is 6.09. The lowest BCUT2D eigenvalue weighted by Crippen LogP contribution is -1.88. The molecule has 1 aromatic carbocycles. The van der Waals surface area contributed by atoms with Gasteiger partial charge in [0.25, 0.3) is 0 Å². The molecule has 0 atom stereocenters. The van der Waals surface area contributed by atoms with Crippen molar-refractivity contribution in [3.05, 3.63) is 45.1 Å². The van der Waals surface area contributed by atoms with Gasteiger partial charge >= 0.3 is 0 Å². The zero-order valence-corrected chi connectivity index (χ0v) is 10.2. The SMILES string of the molecule is C=C(Br)CCc1cc(F)ccc1Br. The molecule has 70 valence electrons. The topological polar surface area (TPSA) is 0 Å². The molecule has 0 saturated carbocycles. The van der Waals surface area contributed by atoms with Crippen LogP contribution in [0.2, 0.25) is 0 Å². The molecule has 0 N–H and O–H groups in total. The van der Waals surface area contributed by atoms with Crippen LogP contribution in [0.1, 0.15) is 12.0 Å². The van der Waals surface area contributed by atoms with Gasteiger partial charge in [-0.2, -0.15) is 0 Å². The van der Waals surface area contributed by atoms with Crippen LogP contribution in [-0.2, 0) is 6.42 Å². The lowest BCUT2D eigenvalue weighted by molar-refractivity contribution is 0.625. The van der Waals surface area contributed by atoms with Gasteiger partial charge in [0.15, 0.2) is 0 Å². The molecule has 0 spiro atoms. The summed E-state index contributed by atoms with van der Waals surface area (Å²) in [6, 6.07) is 4.71. The highest BCUT2D eigenvalue weighted by Crippen LogP contribution is 2.21. The Hall–Kier alpha value is -0.150. The summed E-state index contributed by atoms with van der Waals surface area (Å²) in [5.74, 6) is -0.196. The second kappa shape index (κ2) is 4.91. The second-order valence-corrected chi connectivity index (χ2v) is 4.73. The van der Waals surface area contributed by atoms with Crippen LogP contribution in [-0.4, -0.2) is 0 Å². The molecule has 0 aliphatic heterocycles. The Balaban J connectivity index is 2.75. The van der Waals surface area contributed by atoms with E-state index in [0.717, 1.165) is 27.4 Å². The fourth-order valence-corrected chi connectivity index (χ4v) is 1.65. The molecular weight excluding hydrogens is 299 g/mol. The van der Waals surface area contributed by atoms with Crippen molar-refractivity contribution in [1.29, 1.82) is 0 Å². The van der Waals surface area contributed by atoms with Gasteiger partial charge in [-0.3, -0.25) is 0 Å². The minimum Gasteiger partial charge on any atom is -0.207 e. The van der Waals surface area contributed by atoms with E-state index in [4.69, 9.17) is 0 Å². The van der Waals surface area contributed by atoms with Gasteiger partial charge in [0.1, 0.15) is 5.82 Å². The van der Waals surface area contributed by atoms with Gasteiger partial charge in [-0.05, 0) is 41.1 Å². The molecule has 0 aliphatic carbocycles. The molecule has 0 nitrogen and oxygen atoms in total. The van der Waals surface area contributed by atoms with Crippen molar-refractivity contribution in [1.82, 2.24) is 0 Å². The van der Waals surface area contributed by atoms with E-state index in [0.29, 0.717) is 0 Å². The Morgan fingerprint density at radius 2 is 2.15 bits per heavy atom. The van der Waals surface area contributed by atoms with Crippen LogP contribution in [0.5, 0.6) is 0 Å². The van der Waals surface area contributed by atoms with Crippen molar-refractivity contribution >= 4 is 31.9 Å². The number of allylic oxidation sites excluding steroid dienone is 1. The van der Waals surface area contributed by atoms with Crippen molar-refractivity contribution in [2.45, 2.75) is 12.8 Å². The molecule has 0 bridgehead atoms. The largest absolute Gasteiger partial charge is 0.207 e. The molecule has 0 aromatic heterocycles. The van der Waals surface area contributed by atoms with Crippen LogP contribution in [0.3, 0.4) is 0 Å². The highest BCUT2D eigenvalue weighted by Gasteiger charge is 2.01. The predicted octanol–water partition coefficient (Wildman–Crippen LogP) is 4.43. The van der Waals surface area contributed by atoms with Crippen molar-refractivity contribution < 1.29 is 4.39 Å². The zero-order chi connectivity index (χ0) is 9.84. The second-order valence-electron chi connectivity index (χ2n) is 2.75. The summed E-state index contributed by atoms with van der Waals surface area (Å²) >= 11 is 6.64. The number of halogens is 3. The van der Waals surface area contributed by atoms with Crippen molar-refractivity contribution in [3.8, 4) is 0 Å². The average molecular weight is 308 g/mol. The van der Waals surface area contributed by atoms with Gasteiger partial charge in [0.05, 0.1) is 0 Å². The minimum atomic E-state index is -0.196. The van der Waals surface area contributed by atoms with E-state index in [-0.39, 0.29) is 5.82 Å². The Bertz CT molecular complexity index is 321. The maximum Gasteiger partial charge on any atom is 0.123 e. The predicted molar refractivity (Wildman–Crippen MR) is 60.5 cm³/mol. The first-order valence-corrected chi connectivity index (χ1v) is 5.45. The molecule has 0 unspecified atom stereocenters. The molecule has 0 aliphatic rings. The third-order valence-corrected chi connectivity index (χ3v) is 2.84. The highest BCUT2D eigenvalue weighted by molar-refractivity contribution is 9.11. The quantitative estimate of drug-likeness (QED) is 0.775. The van der Waals surface area contributed by atoms with Crippen LogP contribution in [0, 0.1) is 5.82 Å². The van der Waals surface area contributed by atoms with Gasteiger partial charge < -0.3 is 0 Å². The van der Waals surface area contributed by atoms with Gasteiger partial charge in [-0.15, -0.1) is 0 Å². The summed E-state index contributed by atoms with van der Waals surface area (Å²) < 4.78 is 14.7. The van der Waals surface area contributed by atoms with Crippen LogP contribution >= 0.6 is 31.9 Å². The van der Waals surface area contributed by atoms with Crippen molar-refractivity contribution in [2.24, 2.45) is 0 Å². The summed E-state index contributed by atoms with van der Waals surface area (Å²) in [4.78, 5) is 0. The minimum absolute atomic E-state index is 0.196. The van der Waals surface area contributed by atoms with Gasteiger partial charge in [-0.25, -0.2) is 4.39 Å². The lowest BCUT2D eigenvalue weighted by Gasteiger charge is -2.03. The molecular formula is C10H9Br2F. The maximum atomic E-state index is 12.8. The summed E-state index contributed by atoms with van der Waals surface area (Å²) in [6.07, 6.45) is 1.62. The molecule has 3 heteroatoms. The summed E-state index contributed by atoms with van der Waals surface area (Å²) in [5, 5.41) is 0. The number of hydrogen-bond donors (Lipinski definition) is 0. The average Bonchev–Trinajstić information content (AvgIpc) is 2.06. The normalized spacial score (nSPS) is 10.1. The van der Waals surface area contributed by atoms with E-state index >= 15 is 0 Å². The fourth-order valence-electron chi connectivity index (χ4n) is 1.01. The third-order valence-electron chi connectivity index (χ3n) is 1.67. The Morgan fingerprint density at radius 1 is 1.46 bits per heavy atom. The number of aryl methyl sites for hydroxylation is 1. The van der Waals surface area contributed by atoms with E-state index in [1.54, 1.807) is 12.1 Å². The molecule has 0 amide bonds. The first-order valence-electron chi connectivity index (χ1n) is 3.87. The molecule has 13 heavy (non-hydrogen) atoms. The van der Waals surface area contributed by atoms with Crippen LogP contribution < -0.4 is 0 Å². The highest BCUT2D eigenvalue weighted by atomic mass is 79.9. The fraction of sp³-hybridized carbons (Fsp3) is 0.200. The van der Waals surface area contributed by atoms with Crippen molar-refractivity contribution in [3.63, 3.8) is 0 Å². The number of benzene rings is 1. The zero-order valence-electron chi connectivity index (χ0n) is 6.99. The van der Waals surface area contributed by atoms with E-state index in [9.17, 15) is 4.39 Å². The summed E-state index contributed by atoms with van der Waals surface area (Å²) in [6.45, 7) is 3.73. The van der Waals surface area contributed by atoms with Crippen LogP contribution in [0.4, 0.5) is 4.39 Å². The smallest absolute Gasteiger partial charge is 0.123 e. The monoisotopic (exact) mass is 306 g/mol. The van der Waals surface area contributed by atoms with E-state index in [1.807, 2.05) is 0 Å². The molecule has 0 radical (unpaired) electrons. The Labute approximate surface area is 94.1 Å². The molecule has 0 fully saturated rings. The lowest BCUT2D eigenvalue weighted by atomic mass is 10.1. The van der Waals surface area contributed by atoms with Crippen LogP contribution in [0.15, 0.2) is 33.7 Å². The first kappa shape index (κ1) is 10.9. The van der Waals surface area contributed by atoms with Crippen molar-refractivity contribution in [2.75, 3.05) is 0 Å².